The molecule has 0 atom stereocenters. The third-order valence-corrected chi connectivity index (χ3v) is 3.85. The van der Waals surface area contributed by atoms with Gasteiger partial charge in [-0.2, -0.15) is 0 Å². The van der Waals surface area contributed by atoms with E-state index in [1.807, 2.05) is 24.3 Å². The molecule has 0 amide bonds. The van der Waals surface area contributed by atoms with Gasteiger partial charge in [0.25, 0.3) is 0 Å². The van der Waals surface area contributed by atoms with Crippen molar-refractivity contribution in [1.29, 1.82) is 0 Å². The number of nitrogens with one attached hydrogen (secondary N) is 1. The smallest absolute Gasteiger partial charge is 0.120 e. The summed E-state index contributed by atoms with van der Waals surface area (Å²) in [6.45, 7) is 2.67. The molecule has 0 saturated carbocycles. The van der Waals surface area contributed by atoms with Crippen molar-refractivity contribution in [2.24, 2.45) is 0 Å². The lowest BCUT2D eigenvalue weighted by molar-refractivity contribution is 0.306. The van der Waals surface area contributed by atoms with E-state index in [1.54, 1.807) is 0 Å². The minimum Gasteiger partial charge on any atom is -0.489 e. The van der Waals surface area contributed by atoms with E-state index < -0.39 is 0 Å². The van der Waals surface area contributed by atoms with Gasteiger partial charge < -0.3 is 10.1 Å². The van der Waals surface area contributed by atoms with Crippen LogP contribution in [0.15, 0.2) is 46.9 Å². The van der Waals surface area contributed by atoms with Gasteiger partial charge in [-0.1, -0.05) is 40.2 Å². The molecule has 3 rings (SSSR count). The van der Waals surface area contributed by atoms with Gasteiger partial charge >= 0.3 is 0 Å². The highest BCUT2D eigenvalue weighted by molar-refractivity contribution is 9.10. The molecule has 1 aliphatic rings. The minimum atomic E-state index is 0.615. The molecule has 2 nitrogen and oxygen atoms in total. The molecule has 1 aliphatic heterocycles. The quantitative estimate of drug-likeness (QED) is 0.932. The van der Waals surface area contributed by atoms with Crippen molar-refractivity contribution in [3.8, 4) is 5.75 Å². The third-order valence-electron chi connectivity index (χ3n) is 3.36. The van der Waals surface area contributed by atoms with Gasteiger partial charge in [-0.15, -0.1) is 0 Å². The maximum absolute atomic E-state index is 5.81. The summed E-state index contributed by atoms with van der Waals surface area (Å²) in [5.41, 5.74) is 4.09. The molecule has 2 aromatic carbocycles. The number of benzene rings is 2. The van der Waals surface area contributed by atoms with E-state index in [4.69, 9.17) is 4.74 Å². The van der Waals surface area contributed by atoms with Crippen molar-refractivity contribution in [2.75, 3.05) is 6.54 Å². The van der Waals surface area contributed by atoms with Crippen LogP contribution in [-0.2, 0) is 19.6 Å². The summed E-state index contributed by atoms with van der Waals surface area (Å²) in [6, 6.07) is 14.6. The van der Waals surface area contributed by atoms with E-state index in [0.717, 1.165) is 29.7 Å². The predicted molar refractivity (Wildman–Crippen MR) is 80.3 cm³/mol. The molecule has 0 bridgehead atoms. The maximum Gasteiger partial charge on any atom is 0.120 e. The summed E-state index contributed by atoms with van der Waals surface area (Å²) in [4.78, 5) is 0. The van der Waals surface area contributed by atoms with Gasteiger partial charge in [0.15, 0.2) is 0 Å². The van der Waals surface area contributed by atoms with E-state index in [1.165, 1.54) is 16.7 Å². The predicted octanol–water partition coefficient (Wildman–Crippen LogP) is 3.67. The Morgan fingerprint density at radius 3 is 2.95 bits per heavy atom. The Balaban J connectivity index is 1.70. The highest BCUT2D eigenvalue weighted by atomic mass is 79.9. The fourth-order valence-electron chi connectivity index (χ4n) is 2.35. The van der Waals surface area contributed by atoms with Gasteiger partial charge in [0.1, 0.15) is 12.4 Å². The van der Waals surface area contributed by atoms with E-state index in [9.17, 15) is 0 Å². The fourth-order valence-corrected chi connectivity index (χ4v) is 2.73. The molecule has 19 heavy (non-hydrogen) atoms. The number of hydrogen-bond acceptors (Lipinski definition) is 2. The largest absolute Gasteiger partial charge is 0.489 e. The molecule has 0 aromatic heterocycles. The number of ether oxygens (including phenoxy) is 1. The summed E-state index contributed by atoms with van der Waals surface area (Å²) in [5, 5.41) is 3.40. The second-order valence-electron chi connectivity index (χ2n) is 4.78. The SMILES string of the molecule is Brc1cccc(OCc2ccc3c(c2)CNCC3)c1. The van der Waals surface area contributed by atoms with Gasteiger partial charge in [0, 0.05) is 11.0 Å². The van der Waals surface area contributed by atoms with E-state index in [0.29, 0.717) is 6.61 Å². The highest BCUT2D eigenvalue weighted by Crippen LogP contribution is 2.20. The molecule has 0 unspecified atom stereocenters. The van der Waals surface area contributed by atoms with Crippen molar-refractivity contribution in [1.82, 2.24) is 5.32 Å². The molecule has 98 valence electrons. The zero-order valence-corrected chi connectivity index (χ0v) is 12.2. The summed E-state index contributed by atoms with van der Waals surface area (Å²) in [5.74, 6) is 0.894. The minimum absolute atomic E-state index is 0.615. The first-order chi connectivity index (χ1) is 9.31. The van der Waals surface area contributed by atoms with Crippen molar-refractivity contribution in [2.45, 2.75) is 19.6 Å². The second-order valence-corrected chi connectivity index (χ2v) is 5.69. The number of fused-ring (bicyclic) bond motifs is 1. The zero-order valence-electron chi connectivity index (χ0n) is 10.7. The Morgan fingerprint density at radius 1 is 1.11 bits per heavy atom. The summed E-state index contributed by atoms with van der Waals surface area (Å²) < 4.78 is 6.85. The van der Waals surface area contributed by atoms with Crippen LogP contribution < -0.4 is 10.1 Å². The molecule has 0 radical (unpaired) electrons. The number of hydrogen-bond donors (Lipinski definition) is 1. The van der Waals surface area contributed by atoms with Crippen LogP contribution in [0.1, 0.15) is 16.7 Å². The lowest BCUT2D eigenvalue weighted by Gasteiger charge is -2.18. The molecule has 0 spiro atoms. The molecular formula is C16H16BrNO. The molecule has 0 fully saturated rings. The van der Waals surface area contributed by atoms with Crippen LogP contribution in [0.25, 0.3) is 0 Å². The third kappa shape index (κ3) is 3.17. The number of halogens is 1. The van der Waals surface area contributed by atoms with Gasteiger partial charge in [-0.05, 0) is 47.9 Å². The highest BCUT2D eigenvalue weighted by Gasteiger charge is 2.08. The van der Waals surface area contributed by atoms with Crippen molar-refractivity contribution >= 4 is 15.9 Å². The second kappa shape index (κ2) is 5.76. The maximum atomic E-state index is 5.81. The summed E-state index contributed by atoms with van der Waals surface area (Å²) in [6.07, 6.45) is 1.13. The van der Waals surface area contributed by atoms with Gasteiger partial charge in [0.05, 0.1) is 0 Å². The lowest BCUT2D eigenvalue weighted by atomic mass is 9.99. The van der Waals surface area contributed by atoms with Crippen molar-refractivity contribution in [3.63, 3.8) is 0 Å². The standard InChI is InChI=1S/C16H16BrNO/c17-15-2-1-3-16(9-15)19-11-12-4-5-13-6-7-18-10-14(13)8-12/h1-5,8-9,18H,6-7,10-11H2. The molecule has 1 heterocycles. The lowest BCUT2D eigenvalue weighted by Crippen LogP contribution is -2.23. The van der Waals surface area contributed by atoms with Crippen molar-refractivity contribution in [3.05, 3.63) is 63.6 Å². The Bertz CT molecular complexity index is 583. The van der Waals surface area contributed by atoms with Gasteiger partial charge in [-0.3, -0.25) is 0 Å². The Morgan fingerprint density at radius 2 is 2.05 bits per heavy atom. The summed E-state index contributed by atoms with van der Waals surface area (Å²) >= 11 is 3.45. The fraction of sp³-hybridized carbons (Fsp3) is 0.250. The summed E-state index contributed by atoms with van der Waals surface area (Å²) in [7, 11) is 0. The van der Waals surface area contributed by atoms with Crippen LogP contribution >= 0.6 is 15.9 Å². The van der Waals surface area contributed by atoms with Crippen LogP contribution in [0.3, 0.4) is 0 Å². The van der Waals surface area contributed by atoms with Crippen molar-refractivity contribution < 1.29 is 4.74 Å². The Hall–Kier alpha value is -1.32. The zero-order chi connectivity index (χ0) is 13.1. The van der Waals surface area contributed by atoms with Crippen LogP contribution in [0, 0.1) is 0 Å². The average molecular weight is 318 g/mol. The monoisotopic (exact) mass is 317 g/mol. The first-order valence-electron chi connectivity index (χ1n) is 6.51. The normalized spacial score (nSPS) is 13.9. The van der Waals surface area contributed by atoms with Crippen LogP contribution in [-0.4, -0.2) is 6.54 Å². The molecule has 0 saturated heterocycles. The van der Waals surface area contributed by atoms with Crippen LogP contribution in [0.5, 0.6) is 5.75 Å². The molecule has 1 N–H and O–H groups in total. The Labute approximate surface area is 121 Å². The first-order valence-corrected chi connectivity index (χ1v) is 7.30. The molecule has 0 aliphatic carbocycles. The van der Waals surface area contributed by atoms with Gasteiger partial charge in [-0.25, -0.2) is 0 Å². The van der Waals surface area contributed by atoms with E-state index in [2.05, 4.69) is 39.4 Å². The van der Waals surface area contributed by atoms with E-state index >= 15 is 0 Å². The van der Waals surface area contributed by atoms with E-state index in [-0.39, 0.29) is 0 Å². The Kier molecular flexibility index (Phi) is 3.85. The topological polar surface area (TPSA) is 21.3 Å². The van der Waals surface area contributed by atoms with Crippen LogP contribution in [0.2, 0.25) is 0 Å². The van der Waals surface area contributed by atoms with Gasteiger partial charge in [0.2, 0.25) is 0 Å². The first kappa shape index (κ1) is 12.7. The molecule has 3 heteroatoms. The molecule has 2 aromatic rings. The molecular weight excluding hydrogens is 302 g/mol. The average Bonchev–Trinajstić information content (AvgIpc) is 2.45. The van der Waals surface area contributed by atoms with Crippen LogP contribution in [0.4, 0.5) is 0 Å². The number of rotatable bonds is 3.